The van der Waals surface area contributed by atoms with Crippen LogP contribution in [0.15, 0.2) is 120 Å². The summed E-state index contributed by atoms with van der Waals surface area (Å²) in [6.07, 6.45) is -31.1. The fourth-order valence-corrected chi connectivity index (χ4v) is 10.7. The minimum absolute atomic E-state index is 0.0424. The van der Waals surface area contributed by atoms with Gasteiger partial charge in [0.1, 0.15) is 104 Å². The number of ether oxygens (including phenoxy) is 11. The van der Waals surface area contributed by atoms with E-state index >= 15 is 0 Å². The van der Waals surface area contributed by atoms with Crippen molar-refractivity contribution in [1.82, 2.24) is 0 Å². The number of aliphatic hydroxyl groups excluding tert-OH is 12. The summed E-state index contributed by atoms with van der Waals surface area (Å²) in [5.74, 6) is -7.95. The number of esters is 3. The Balaban J connectivity index is 0.809. The summed E-state index contributed by atoms with van der Waals surface area (Å²) in [5.41, 5.74) is 0.615. The lowest BCUT2D eigenvalue weighted by Crippen LogP contribution is -2.65. The molecule has 0 bridgehead atoms. The smallest absolute Gasteiger partial charge is 0.402 e. The Morgan fingerprint density at radius 3 is 1.37 bits per heavy atom. The molecule has 0 radical (unpaired) electrons. The summed E-state index contributed by atoms with van der Waals surface area (Å²) in [7, 11) is 0. The average Bonchev–Trinajstić information content (AvgIpc) is 0.768. The number of phenols is 7. The summed E-state index contributed by atoms with van der Waals surface area (Å²) in [4.78, 5) is 39.5. The number of benzene rings is 5. The first-order valence-corrected chi connectivity index (χ1v) is 30.4. The Hall–Kier alpha value is -9.54. The Morgan fingerprint density at radius 1 is 0.400 bits per heavy atom. The van der Waals surface area contributed by atoms with E-state index in [1.54, 1.807) is 0 Å². The van der Waals surface area contributed by atoms with Crippen LogP contribution in [-0.4, -0.2) is 264 Å². The third-order valence-electron chi connectivity index (χ3n) is 16.2. The number of phenolic OH excluding ortho intramolecular Hbond substituents is 7. The number of rotatable bonds is 22. The highest BCUT2D eigenvalue weighted by Gasteiger charge is 2.54. The second-order valence-electron chi connectivity index (χ2n) is 23.1. The van der Waals surface area contributed by atoms with Crippen LogP contribution in [0.2, 0.25) is 0 Å². The maximum atomic E-state index is 13.7. The molecule has 19 N–H and O–H groups in total. The molecule has 0 spiro atoms. The lowest BCUT2D eigenvalue weighted by Gasteiger charge is -2.46. The molecule has 4 saturated heterocycles. The fraction of sp³-hybridized carbons (Fsp3) is 0.364. The number of carbonyl (C=O) groups is 3. The van der Waals surface area contributed by atoms with Crippen LogP contribution in [0.5, 0.6) is 57.5 Å². The van der Waals surface area contributed by atoms with Crippen molar-refractivity contribution in [3.05, 3.63) is 132 Å². The van der Waals surface area contributed by atoms with Crippen molar-refractivity contribution in [1.29, 1.82) is 0 Å². The number of carbonyl (C=O) groups excluding carboxylic acids is 3. The topological polar surface area (TPSA) is 548 Å². The van der Waals surface area contributed by atoms with Gasteiger partial charge in [0.15, 0.2) is 64.5 Å². The monoisotopic (exact) mass is 1410 g/mol. The van der Waals surface area contributed by atoms with Crippen molar-refractivity contribution in [3.8, 4) is 68.8 Å². The summed E-state index contributed by atoms with van der Waals surface area (Å²) >= 11 is 0. The molecule has 20 atom stereocenters. The zero-order valence-electron chi connectivity index (χ0n) is 51.7. The molecule has 536 valence electrons. The van der Waals surface area contributed by atoms with E-state index < -0.39 is 207 Å². The molecule has 100 heavy (non-hydrogen) atoms. The molecule has 4 aliphatic heterocycles. The SMILES string of the molecule is O=C(C=Cc1ccc(O)c(O)c1)OC[C@H]1O[C@@H](Oc2cc3ccc(O)cc3[o+]c2-c2ccc(O)c(O)c2)[C@H](O[C@@H]2O[C@H](CO)[C@@H](O)[C@H](O)[C@H]2OC(=O)/C=C/c2ccc(O[C@@H]3O[C@H](COC(=O)/C=C/c4ccc(O[C@@H]5O[C@H](CO)[C@@H](O)[C@H](O)[C@H]5O)c(O)c4)[C@@H](O)[C@H](O)[C@H]3O)c(O)c2)[C@@H](O)[C@@H]1O. The van der Waals surface area contributed by atoms with Crippen LogP contribution in [0.25, 0.3) is 40.5 Å². The predicted molar refractivity (Wildman–Crippen MR) is 332 cm³/mol. The number of hydrogen-bond acceptors (Lipinski definition) is 33. The Bertz CT molecular complexity index is 3970. The van der Waals surface area contributed by atoms with Gasteiger partial charge < -0.3 is 149 Å². The molecule has 0 aliphatic carbocycles. The highest BCUT2D eigenvalue weighted by Crippen LogP contribution is 2.42. The molecule has 4 aliphatic rings. The van der Waals surface area contributed by atoms with Crippen molar-refractivity contribution in [2.24, 2.45) is 0 Å². The van der Waals surface area contributed by atoms with E-state index in [1.807, 2.05) is 0 Å². The van der Waals surface area contributed by atoms with Crippen molar-refractivity contribution >= 4 is 47.1 Å². The molecule has 0 amide bonds. The van der Waals surface area contributed by atoms with Crippen molar-refractivity contribution in [2.75, 3.05) is 26.4 Å². The predicted octanol–water partition coefficient (Wildman–Crippen LogP) is -1.53. The number of fused-ring (bicyclic) bond motifs is 1. The molecule has 34 nitrogen and oxygen atoms in total. The van der Waals surface area contributed by atoms with Crippen LogP contribution in [0.4, 0.5) is 0 Å². The van der Waals surface area contributed by atoms with Crippen LogP contribution < -0.4 is 14.2 Å². The molecule has 4 fully saturated rings. The van der Waals surface area contributed by atoms with Gasteiger partial charge in [0.05, 0.1) is 30.2 Å². The Labute approximate surface area is 563 Å². The number of hydrogen-bond donors (Lipinski definition) is 19. The van der Waals surface area contributed by atoms with E-state index in [0.717, 1.165) is 66.8 Å². The van der Waals surface area contributed by atoms with Gasteiger partial charge in [0.2, 0.25) is 24.6 Å². The Morgan fingerprint density at radius 2 is 0.840 bits per heavy atom. The van der Waals surface area contributed by atoms with Crippen molar-refractivity contribution in [2.45, 2.75) is 123 Å². The minimum Gasteiger partial charge on any atom is -0.508 e. The molecule has 5 heterocycles. The number of aromatic hydroxyl groups is 7. The Kier molecular flexibility index (Phi) is 23.2. The summed E-state index contributed by atoms with van der Waals surface area (Å²) in [6, 6.07) is 19.7. The quantitative estimate of drug-likeness (QED) is 0.0121. The van der Waals surface area contributed by atoms with Gasteiger partial charge in [-0.15, -0.1) is 0 Å². The second kappa shape index (κ2) is 31.8. The molecule has 5 aromatic carbocycles. The van der Waals surface area contributed by atoms with Gasteiger partial charge in [-0.3, -0.25) is 0 Å². The van der Waals surface area contributed by atoms with E-state index in [2.05, 4.69) is 0 Å². The molecule has 6 aromatic rings. The maximum Gasteiger partial charge on any atom is 0.402 e. The van der Waals surface area contributed by atoms with Gasteiger partial charge in [-0.2, -0.15) is 0 Å². The second-order valence-corrected chi connectivity index (χ2v) is 23.1. The maximum absolute atomic E-state index is 13.7. The molecular formula is C66H69O34+. The standard InChI is InChI=1S/C66H68O34/c67-23-43-50(79)54(83)58(87)63(95-43)92-39-12-2-28(18-37(39)74)5-15-48(77)89-25-45-52(81)55(84)59(88)64(97-45)93-40-13-3-29(19-38(40)75)6-16-49(78)99-61-56(85)51(80)44(24-68)96-66(61)100-62-57(86)53(82)46(26-90-47(76)14-4-27-1-10-33(70)35(72)17-27)98-65(62)94-42-21-30-7-9-32(69)22-41(30)91-60(42)31-8-11-34(71)36(73)20-31/h1-22,43-46,50-59,61-68,79-88H,23-26H2,(H6-,69,70,71,72,73,74,75,76)/p+1/b15-5+,16-6+/t43-,44-,45-,46-,50-,51-,52-,53-,54+,55+,56+,57+,58-,59-,61-,62-,63-,64-,65-,66+/m1/s1. The first-order valence-electron chi connectivity index (χ1n) is 30.4. The van der Waals surface area contributed by atoms with Crippen LogP contribution in [0, 0.1) is 0 Å². The van der Waals surface area contributed by atoms with Crippen LogP contribution in [-0.2, 0) is 52.3 Å². The summed E-state index contributed by atoms with van der Waals surface area (Å²) in [5, 5.41) is 201. The van der Waals surface area contributed by atoms with Gasteiger partial charge in [0, 0.05) is 30.4 Å². The van der Waals surface area contributed by atoms with E-state index in [-0.39, 0.29) is 56.2 Å². The van der Waals surface area contributed by atoms with Crippen LogP contribution in [0.1, 0.15) is 16.7 Å². The highest BCUT2D eigenvalue weighted by atomic mass is 16.8. The van der Waals surface area contributed by atoms with Crippen molar-refractivity contribution in [3.63, 3.8) is 0 Å². The summed E-state index contributed by atoms with van der Waals surface area (Å²) in [6.45, 7) is -3.26. The lowest BCUT2D eigenvalue weighted by molar-refractivity contribution is -0.358. The lowest BCUT2D eigenvalue weighted by atomic mass is 9.97. The van der Waals surface area contributed by atoms with E-state index in [4.69, 9.17) is 56.5 Å². The highest BCUT2D eigenvalue weighted by molar-refractivity contribution is 5.89. The van der Waals surface area contributed by atoms with Gasteiger partial charge in [0.25, 0.3) is 0 Å². The molecule has 0 saturated carbocycles. The fourth-order valence-electron chi connectivity index (χ4n) is 10.7. The number of aliphatic hydroxyl groups is 12. The minimum atomic E-state index is -2.17. The summed E-state index contributed by atoms with van der Waals surface area (Å²) < 4.78 is 68.7. The van der Waals surface area contributed by atoms with Crippen LogP contribution >= 0.6 is 0 Å². The van der Waals surface area contributed by atoms with E-state index in [0.29, 0.717) is 0 Å². The average molecular weight is 1410 g/mol. The third kappa shape index (κ3) is 16.8. The van der Waals surface area contributed by atoms with Crippen LogP contribution in [0.3, 0.4) is 0 Å². The molecule has 34 heteroatoms. The third-order valence-corrected chi connectivity index (χ3v) is 16.2. The van der Waals surface area contributed by atoms with E-state index in [9.17, 15) is 111 Å². The molecular weight excluding hydrogens is 1340 g/mol. The zero-order chi connectivity index (χ0) is 72.0. The first-order chi connectivity index (χ1) is 47.7. The zero-order valence-corrected chi connectivity index (χ0v) is 51.7. The van der Waals surface area contributed by atoms with Gasteiger partial charge in [-0.25, -0.2) is 18.8 Å². The van der Waals surface area contributed by atoms with Gasteiger partial charge in [-0.05, 0) is 95.6 Å². The molecule has 0 unspecified atom stereocenters. The van der Waals surface area contributed by atoms with E-state index in [1.165, 1.54) is 66.7 Å². The molecule has 10 rings (SSSR count). The first kappa shape index (κ1) is 73.2. The largest absolute Gasteiger partial charge is 0.508 e. The van der Waals surface area contributed by atoms with Gasteiger partial charge in [-0.1, -0.05) is 18.2 Å². The molecule has 1 aromatic heterocycles. The van der Waals surface area contributed by atoms with Crippen molar-refractivity contribution < 1.29 is 168 Å². The normalized spacial score (nSPS) is 30.1. The van der Waals surface area contributed by atoms with Gasteiger partial charge >= 0.3 is 29.3 Å².